The minimum Gasteiger partial charge on any atom is -0.383 e. The molecule has 0 saturated carbocycles. The van der Waals surface area contributed by atoms with E-state index < -0.39 is 8.72 Å². The summed E-state index contributed by atoms with van der Waals surface area (Å²) in [6.07, 6.45) is -0.0835. The van der Waals surface area contributed by atoms with E-state index in [9.17, 15) is 0 Å². The molecule has 0 bridgehead atoms. The van der Waals surface area contributed by atoms with E-state index in [1.807, 2.05) is 27.3 Å². The first kappa shape index (κ1) is 12.1. The maximum Gasteiger partial charge on any atom is 0.423 e. The zero-order valence-electron chi connectivity index (χ0n) is 8.39. The number of hydrogen-bond donors (Lipinski definition) is 2. The molecule has 0 aromatic heterocycles. The van der Waals surface area contributed by atoms with Crippen molar-refractivity contribution in [2.75, 3.05) is 13.2 Å². The van der Waals surface area contributed by atoms with Gasteiger partial charge in [-0.3, -0.25) is 4.98 Å². The van der Waals surface area contributed by atoms with E-state index in [1.165, 1.54) is 0 Å². The molecular weight excluding hydrogens is 172 g/mol. The Kier molecular flexibility index (Phi) is 5.69. The molecule has 0 amide bonds. The molecule has 74 valence electrons. The highest BCUT2D eigenvalue weighted by Gasteiger charge is 2.31. The van der Waals surface area contributed by atoms with Crippen LogP contribution >= 0.6 is 0 Å². The van der Waals surface area contributed by atoms with Crippen LogP contribution in [0.3, 0.4) is 0 Å². The molecule has 3 N–H and O–H groups in total. The highest BCUT2D eigenvalue weighted by molar-refractivity contribution is 6.63. The molecule has 0 aliphatic carbocycles. The van der Waals surface area contributed by atoms with E-state index >= 15 is 0 Å². The second-order valence-electron chi connectivity index (χ2n) is 2.74. The first-order chi connectivity index (χ1) is 5.54. The number of rotatable bonds is 6. The van der Waals surface area contributed by atoms with Crippen molar-refractivity contribution in [2.24, 2.45) is 5.73 Å². The lowest BCUT2D eigenvalue weighted by molar-refractivity contribution is 0.174. The van der Waals surface area contributed by atoms with E-state index in [2.05, 4.69) is 4.98 Å². The van der Waals surface area contributed by atoms with Crippen molar-refractivity contribution < 1.29 is 8.85 Å². The molecule has 1 atom stereocenters. The Hall–Kier alpha value is 0.0569. The van der Waals surface area contributed by atoms with Gasteiger partial charge in [0.1, 0.15) is 0 Å². The molecule has 0 rings (SSSR count). The van der Waals surface area contributed by atoms with Crippen LogP contribution in [0.15, 0.2) is 0 Å². The molecule has 0 spiro atoms. The van der Waals surface area contributed by atoms with Gasteiger partial charge in [0.2, 0.25) is 0 Å². The Morgan fingerprint density at radius 2 is 1.75 bits per heavy atom. The highest BCUT2D eigenvalue weighted by atomic mass is 28.4. The van der Waals surface area contributed by atoms with Gasteiger partial charge in [-0.1, -0.05) is 0 Å². The Morgan fingerprint density at radius 1 is 1.33 bits per heavy atom. The molecule has 12 heavy (non-hydrogen) atoms. The maximum atomic E-state index is 5.60. The van der Waals surface area contributed by atoms with Crippen molar-refractivity contribution >= 4 is 8.72 Å². The topological polar surface area (TPSA) is 56.5 Å². The van der Waals surface area contributed by atoms with E-state index in [0.29, 0.717) is 13.2 Å². The van der Waals surface area contributed by atoms with E-state index in [4.69, 9.17) is 14.6 Å². The molecule has 0 fully saturated rings. The molecular formula is C7H20N2O2Si. The fourth-order valence-electron chi connectivity index (χ4n) is 1.09. The van der Waals surface area contributed by atoms with Crippen molar-refractivity contribution in [2.45, 2.75) is 33.5 Å². The van der Waals surface area contributed by atoms with Gasteiger partial charge >= 0.3 is 8.72 Å². The third-order valence-corrected chi connectivity index (χ3v) is 3.99. The average molecular weight is 192 g/mol. The molecule has 1 unspecified atom stereocenters. The van der Waals surface area contributed by atoms with Crippen LogP contribution in [0.4, 0.5) is 0 Å². The van der Waals surface area contributed by atoms with Gasteiger partial charge in [0.25, 0.3) is 0 Å². The van der Waals surface area contributed by atoms with Gasteiger partial charge < -0.3 is 14.6 Å². The fourth-order valence-corrected chi connectivity index (χ4v) is 3.27. The minimum absolute atomic E-state index is 0.0835. The molecule has 0 aliphatic heterocycles. The van der Waals surface area contributed by atoms with Crippen molar-refractivity contribution in [3.63, 3.8) is 0 Å². The first-order valence-electron chi connectivity index (χ1n) is 4.35. The summed E-state index contributed by atoms with van der Waals surface area (Å²) >= 11 is 0. The summed E-state index contributed by atoms with van der Waals surface area (Å²) in [5.41, 5.74) is 5.60. The van der Waals surface area contributed by atoms with Gasteiger partial charge in [0, 0.05) is 19.4 Å². The summed E-state index contributed by atoms with van der Waals surface area (Å²) < 4.78 is 11.0. The van der Waals surface area contributed by atoms with Crippen molar-refractivity contribution in [1.29, 1.82) is 0 Å². The molecule has 5 heteroatoms. The van der Waals surface area contributed by atoms with Gasteiger partial charge in [-0.2, -0.15) is 0 Å². The number of nitrogens with one attached hydrogen (secondary N) is 1. The molecule has 0 radical (unpaired) electrons. The van der Waals surface area contributed by atoms with Gasteiger partial charge in [-0.05, 0) is 27.3 Å². The van der Waals surface area contributed by atoms with Gasteiger partial charge in [-0.15, -0.1) is 0 Å². The lowest BCUT2D eigenvalue weighted by Gasteiger charge is -2.28. The van der Waals surface area contributed by atoms with Crippen LogP contribution in [0, 0.1) is 0 Å². The monoisotopic (exact) mass is 192 g/mol. The predicted molar refractivity (Wildman–Crippen MR) is 51.7 cm³/mol. The third-order valence-electron chi connectivity index (χ3n) is 1.33. The Morgan fingerprint density at radius 3 is 2.00 bits per heavy atom. The Labute approximate surface area is 75.8 Å². The SMILES string of the molecule is CCO[Si](C)(NC(C)N)OCC. The second kappa shape index (κ2) is 5.66. The van der Waals surface area contributed by atoms with Crippen LogP contribution in [0.25, 0.3) is 0 Å². The molecule has 0 aliphatic rings. The highest BCUT2D eigenvalue weighted by Crippen LogP contribution is 2.02. The quantitative estimate of drug-likeness (QED) is 0.476. The maximum absolute atomic E-state index is 5.60. The minimum atomic E-state index is -2.19. The summed E-state index contributed by atoms with van der Waals surface area (Å²) in [6.45, 7) is 9.05. The largest absolute Gasteiger partial charge is 0.423 e. The predicted octanol–water partition coefficient (Wildman–Crippen LogP) is 0.522. The van der Waals surface area contributed by atoms with Crippen molar-refractivity contribution in [3.05, 3.63) is 0 Å². The van der Waals surface area contributed by atoms with Crippen LogP contribution in [-0.2, 0) is 8.85 Å². The van der Waals surface area contributed by atoms with E-state index in [0.717, 1.165) is 0 Å². The molecule has 4 nitrogen and oxygen atoms in total. The number of hydrogen-bond acceptors (Lipinski definition) is 4. The summed E-state index contributed by atoms with van der Waals surface area (Å²) in [5.74, 6) is 0. The standard InChI is InChI=1S/C7H20N2O2Si/c1-5-10-12(4,11-6-2)9-7(3)8/h7,9H,5-6,8H2,1-4H3. The molecule has 0 heterocycles. The summed E-state index contributed by atoms with van der Waals surface area (Å²) in [7, 11) is -2.19. The van der Waals surface area contributed by atoms with E-state index in [-0.39, 0.29) is 6.17 Å². The van der Waals surface area contributed by atoms with Crippen LogP contribution < -0.4 is 10.7 Å². The normalized spacial score (nSPS) is 14.8. The Bertz CT molecular complexity index is 116. The number of nitrogens with two attached hydrogens (primary N) is 1. The van der Waals surface area contributed by atoms with Crippen LogP contribution in [0.5, 0.6) is 0 Å². The smallest absolute Gasteiger partial charge is 0.383 e. The third kappa shape index (κ3) is 4.84. The van der Waals surface area contributed by atoms with Crippen LogP contribution in [0.2, 0.25) is 6.55 Å². The lowest BCUT2D eigenvalue weighted by atomic mass is 10.7. The zero-order chi connectivity index (χ0) is 9.61. The Balaban J connectivity index is 3.98. The molecule has 0 saturated heterocycles. The summed E-state index contributed by atoms with van der Waals surface area (Å²) in [4.78, 5) is 3.13. The fraction of sp³-hybridized carbons (Fsp3) is 1.00. The van der Waals surface area contributed by atoms with Gasteiger partial charge in [-0.25, -0.2) is 0 Å². The molecule has 0 aromatic rings. The van der Waals surface area contributed by atoms with Crippen LogP contribution in [-0.4, -0.2) is 28.1 Å². The van der Waals surface area contributed by atoms with Crippen molar-refractivity contribution in [3.8, 4) is 0 Å². The van der Waals surface area contributed by atoms with Gasteiger partial charge in [0.15, 0.2) is 0 Å². The van der Waals surface area contributed by atoms with Crippen molar-refractivity contribution in [1.82, 2.24) is 4.98 Å². The lowest BCUT2D eigenvalue weighted by Crippen LogP contribution is -2.59. The first-order valence-corrected chi connectivity index (χ1v) is 6.67. The average Bonchev–Trinajstić information content (AvgIpc) is 1.85. The van der Waals surface area contributed by atoms with Gasteiger partial charge in [0.05, 0.1) is 0 Å². The second-order valence-corrected chi connectivity index (χ2v) is 5.50. The summed E-state index contributed by atoms with van der Waals surface area (Å²) in [5, 5.41) is 0. The molecule has 0 aromatic carbocycles. The van der Waals surface area contributed by atoms with E-state index in [1.54, 1.807) is 0 Å². The summed E-state index contributed by atoms with van der Waals surface area (Å²) in [6, 6.07) is 0. The zero-order valence-corrected chi connectivity index (χ0v) is 9.39. The van der Waals surface area contributed by atoms with Crippen LogP contribution in [0.1, 0.15) is 20.8 Å².